The van der Waals surface area contributed by atoms with Crippen LogP contribution in [0.3, 0.4) is 0 Å². The molecule has 2 aromatic carbocycles. The monoisotopic (exact) mass is 944 g/mol. The second-order valence-corrected chi connectivity index (χ2v) is 18.3. The normalized spacial score (nSPS) is 28.4. The fourth-order valence-corrected chi connectivity index (χ4v) is 11.4. The molecule has 12 atom stereocenters. The third-order valence-electron chi connectivity index (χ3n) is 10.6. The van der Waals surface area contributed by atoms with Crippen molar-refractivity contribution in [2.45, 2.75) is 147 Å². The third kappa shape index (κ3) is 14.4. The molecular weight excluding hydrogens is 887 g/mol. The molecule has 66 heavy (non-hydrogen) atoms. The Morgan fingerprint density at radius 3 is 1.45 bits per heavy atom. The molecule has 2 unspecified atom stereocenters. The van der Waals surface area contributed by atoms with Gasteiger partial charge in [0.15, 0.2) is 49.1 Å². The molecule has 2 amide bonds. The molecule has 0 spiro atoms. The molecule has 2 aromatic rings. The van der Waals surface area contributed by atoms with E-state index in [1.807, 2.05) is 36.4 Å². The zero-order valence-electron chi connectivity index (χ0n) is 37.7. The summed E-state index contributed by atoms with van der Waals surface area (Å²) in [4.78, 5) is 101. The van der Waals surface area contributed by atoms with Crippen molar-refractivity contribution in [3.8, 4) is 0 Å². The molecule has 0 bridgehead atoms. The Kier molecular flexibility index (Phi) is 18.8. The van der Waals surface area contributed by atoms with E-state index in [0.29, 0.717) is 6.42 Å². The SMILES string of the molecule is CC(=O)OC[C@H]1O[C@H](OC[C@H]2O[C@@H](NC(=O)NC3CCCCC3P(c3ccccc3)c3ccccc3)[C@H](OC(C)=O)[C@@H](OC(C)=O)[C@@H]2OC(C)=O)[C@H](OC(C)=O)[C@@H](OC(C)=O)[C@H]1OC(C)=O. The maximum absolute atomic E-state index is 14.2. The summed E-state index contributed by atoms with van der Waals surface area (Å²) in [5, 5.41) is 8.16. The zero-order chi connectivity index (χ0) is 48.1. The molecule has 2 aliphatic heterocycles. The smallest absolute Gasteiger partial charge is 0.317 e. The average Bonchev–Trinajstić information content (AvgIpc) is 3.24. The average molecular weight is 945 g/mol. The molecule has 2 N–H and O–H groups in total. The number of carbonyl (C=O) groups is 8. The van der Waals surface area contributed by atoms with Crippen molar-refractivity contribution >= 4 is 66.3 Å². The molecule has 1 aliphatic carbocycles. The van der Waals surface area contributed by atoms with Crippen LogP contribution in [0.5, 0.6) is 0 Å². The number of ether oxygens (including phenoxy) is 10. The maximum atomic E-state index is 14.2. The largest absolute Gasteiger partial charge is 0.463 e. The summed E-state index contributed by atoms with van der Waals surface area (Å²) >= 11 is 0. The number of hydrogen-bond donors (Lipinski definition) is 2. The minimum atomic E-state index is -1.70. The number of esters is 7. The Labute approximate surface area is 383 Å². The van der Waals surface area contributed by atoms with Gasteiger partial charge in [-0.15, -0.1) is 0 Å². The van der Waals surface area contributed by atoms with Gasteiger partial charge >= 0.3 is 47.8 Å². The Balaban J connectivity index is 1.48. The Bertz CT molecular complexity index is 1990. The molecule has 360 valence electrons. The van der Waals surface area contributed by atoms with Gasteiger partial charge in [0.2, 0.25) is 0 Å². The lowest BCUT2D eigenvalue weighted by atomic mass is 9.95. The van der Waals surface area contributed by atoms with Gasteiger partial charge in [-0.05, 0) is 31.4 Å². The van der Waals surface area contributed by atoms with Crippen LogP contribution in [-0.4, -0.2) is 134 Å². The molecule has 20 nitrogen and oxygen atoms in total. The van der Waals surface area contributed by atoms with Gasteiger partial charge in [-0.1, -0.05) is 73.5 Å². The van der Waals surface area contributed by atoms with Crippen molar-refractivity contribution in [1.29, 1.82) is 0 Å². The number of benzene rings is 2. The summed E-state index contributed by atoms with van der Waals surface area (Å²) in [7, 11) is -0.949. The van der Waals surface area contributed by atoms with E-state index in [1.165, 1.54) is 0 Å². The number of hydrogen-bond acceptors (Lipinski definition) is 18. The van der Waals surface area contributed by atoms with Crippen LogP contribution in [0.2, 0.25) is 0 Å². The third-order valence-corrected chi connectivity index (χ3v) is 13.6. The summed E-state index contributed by atoms with van der Waals surface area (Å²) < 4.78 is 57.1. The van der Waals surface area contributed by atoms with Gasteiger partial charge in [-0.2, -0.15) is 0 Å². The standard InChI is InChI=1S/C45H57N2O18P/c1-24(48)56-22-35-38(59-26(3)50)40(61-28(5)52)42(63-30(7)54)44(65-35)57-23-34-37(58-25(2)49)39(60-27(4)51)41(62-29(6)53)43(64-34)47-45(55)46-33-20-14-15-21-36(33)66(31-16-10-8-11-17-31)32-18-12-9-13-19-32/h8-13,16-19,33-44H,14-15,20-23H2,1-7H3,(H2,46,47,55)/t33?,34-,35-,36?,37-,38+,39+,40+,41-,42-,43-,44+/m1/s1. The first-order chi connectivity index (χ1) is 31.4. The Morgan fingerprint density at radius 2 is 0.955 bits per heavy atom. The highest BCUT2D eigenvalue weighted by Crippen LogP contribution is 2.46. The molecule has 2 heterocycles. The van der Waals surface area contributed by atoms with E-state index < -0.39 is 130 Å². The van der Waals surface area contributed by atoms with Gasteiger partial charge in [0, 0.05) is 60.2 Å². The lowest BCUT2D eigenvalue weighted by Gasteiger charge is -2.46. The molecule has 3 aliphatic rings. The quantitative estimate of drug-likeness (QED) is 0.139. The number of amides is 2. The van der Waals surface area contributed by atoms with Crippen molar-refractivity contribution in [3.63, 3.8) is 0 Å². The molecule has 0 radical (unpaired) electrons. The maximum Gasteiger partial charge on any atom is 0.317 e. The van der Waals surface area contributed by atoms with Gasteiger partial charge in [0.1, 0.15) is 18.8 Å². The highest BCUT2D eigenvalue weighted by molar-refractivity contribution is 7.73. The lowest BCUT2D eigenvalue weighted by molar-refractivity contribution is -0.320. The summed E-state index contributed by atoms with van der Waals surface area (Å²) in [5.41, 5.74) is 0.0192. The summed E-state index contributed by atoms with van der Waals surface area (Å²) in [6.07, 6.45) is -12.3. The molecule has 21 heteroatoms. The molecule has 1 saturated carbocycles. The Hall–Kier alpha value is -5.69. The first-order valence-electron chi connectivity index (χ1n) is 21.5. The molecular formula is C45H57N2O18P. The number of nitrogens with one attached hydrogen (secondary N) is 2. The van der Waals surface area contributed by atoms with Crippen LogP contribution < -0.4 is 21.2 Å². The first kappa shape index (κ1) is 51.3. The van der Waals surface area contributed by atoms with Gasteiger partial charge in [-0.25, -0.2) is 4.79 Å². The second kappa shape index (κ2) is 24.2. The van der Waals surface area contributed by atoms with Crippen LogP contribution in [-0.2, 0) is 80.9 Å². The van der Waals surface area contributed by atoms with Crippen LogP contribution in [0.25, 0.3) is 0 Å². The van der Waals surface area contributed by atoms with Gasteiger partial charge in [0.25, 0.3) is 0 Å². The summed E-state index contributed by atoms with van der Waals surface area (Å²) in [6, 6.07) is 19.2. The number of carbonyl (C=O) groups excluding carboxylic acids is 8. The van der Waals surface area contributed by atoms with E-state index in [2.05, 4.69) is 34.9 Å². The van der Waals surface area contributed by atoms with E-state index in [0.717, 1.165) is 78.3 Å². The highest BCUT2D eigenvalue weighted by atomic mass is 31.1. The fourth-order valence-electron chi connectivity index (χ4n) is 8.29. The number of urea groups is 1. The van der Waals surface area contributed by atoms with Crippen LogP contribution in [0.15, 0.2) is 60.7 Å². The van der Waals surface area contributed by atoms with Crippen molar-refractivity contribution in [1.82, 2.24) is 10.6 Å². The van der Waals surface area contributed by atoms with Crippen molar-refractivity contribution in [3.05, 3.63) is 60.7 Å². The van der Waals surface area contributed by atoms with Crippen LogP contribution in [0, 0.1) is 0 Å². The van der Waals surface area contributed by atoms with Gasteiger partial charge in [-0.3, -0.25) is 33.6 Å². The van der Waals surface area contributed by atoms with E-state index in [-0.39, 0.29) is 11.7 Å². The predicted molar refractivity (Wildman–Crippen MR) is 230 cm³/mol. The van der Waals surface area contributed by atoms with E-state index >= 15 is 0 Å². The first-order valence-corrected chi connectivity index (χ1v) is 22.9. The predicted octanol–water partition coefficient (Wildman–Crippen LogP) is 2.35. The molecule has 3 fully saturated rings. The van der Waals surface area contributed by atoms with Gasteiger partial charge in [0.05, 0.1) is 6.61 Å². The summed E-state index contributed by atoms with van der Waals surface area (Å²) in [6.45, 7) is 6.31. The van der Waals surface area contributed by atoms with Crippen molar-refractivity contribution in [2.75, 3.05) is 13.2 Å². The van der Waals surface area contributed by atoms with Crippen LogP contribution in [0.4, 0.5) is 4.79 Å². The minimum Gasteiger partial charge on any atom is -0.463 e. The van der Waals surface area contributed by atoms with Crippen LogP contribution >= 0.6 is 7.92 Å². The van der Waals surface area contributed by atoms with Crippen molar-refractivity contribution in [2.24, 2.45) is 0 Å². The van der Waals surface area contributed by atoms with Crippen LogP contribution in [0.1, 0.15) is 74.1 Å². The molecule has 0 aromatic heterocycles. The molecule has 2 saturated heterocycles. The minimum absolute atomic E-state index is 0.0192. The fraction of sp³-hybridized carbons (Fsp3) is 0.556. The van der Waals surface area contributed by atoms with E-state index in [4.69, 9.17) is 47.4 Å². The van der Waals surface area contributed by atoms with Gasteiger partial charge < -0.3 is 58.0 Å². The summed E-state index contributed by atoms with van der Waals surface area (Å²) in [5.74, 6) is -5.96. The Morgan fingerprint density at radius 1 is 0.515 bits per heavy atom. The van der Waals surface area contributed by atoms with Crippen molar-refractivity contribution < 1.29 is 85.7 Å². The highest BCUT2D eigenvalue weighted by Gasteiger charge is 2.56. The molecule has 5 rings (SSSR count). The zero-order valence-corrected chi connectivity index (χ0v) is 38.6. The topological polar surface area (TPSA) is 253 Å². The van der Waals surface area contributed by atoms with E-state index in [9.17, 15) is 38.4 Å². The lowest BCUT2D eigenvalue weighted by Crippen LogP contribution is -2.68. The van der Waals surface area contributed by atoms with E-state index in [1.54, 1.807) is 0 Å². The second-order valence-electron chi connectivity index (χ2n) is 15.8. The number of rotatable bonds is 16.